The third-order valence-corrected chi connectivity index (χ3v) is 3.62. The number of nitrogens with one attached hydrogen (secondary N) is 1. The fraction of sp³-hybridized carbons (Fsp3) is 0.0714. The minimum absolute atomic E-state index is 0.0715. The van der Waals surface area contributed by atoms with Crippen LogP contribution >= 0.6 is 23.2 Å². The lowest BCUT2D eigenvalue weighted by Crippen LogP contribution is -2.12. The number of hydrogen-bond donors (Lipinski definition) is 1. The second-order valence-electron chi connectivity index (χ2n) is 4.43. The third-order valence-electron chi connectivity index (χ3n) is 2.87. The molecule has 21 heavy (non-hydrogen) atoms. The number of aromatic nitrogens is 2. The molecule has 5 nitrogen and oxygen atoms in total. The molecule has 2 aromatic heterocycles. The number of carbonyl (C=O) groups excluding carboxylic acids is 1. The predicted octanol–water partition coefficient (Wildman–Crippen LogP) is 4.09. The molecule has 106 valence electrons. The Hall–Kier alpha value is -2.11. The lowest BCUT2D eigenvalue weighted by molar-refractivity contribution is 0.0998. The number of halogens is 2. The fourth-order valence-corrected chi connectivity index (χ4v) is 2.16. The van der Waals surface area contributed by atoms with E-state index in [1.54, 1.807) is 6.07 Å². The first-order valence-electron chi connectivity index (χ1n) is 6.02. The number of furan rings is 1. The van der Waals surface area contributed by atoms with Crippen LogP contribution in [0.5, 0.6) is 0 Å². The van der Waals surface area contributed by atoms with Gasteiger partial charge in [-0.25, -0.2) is 9.97 Å². The maximum Gasteiger partial charge on any atom is 0.292 e. The molecule has 0 fully saturated rings. The number of nitrogens with zero attached hydrogens (tertiary/aromatic N) is 2. The van der Waals surface area contributed by atoms with E-state index in [1.807, 2.05) is 25.1 Å². The summed E-state index contributed by atoms with van der Waals surface area (Å²) < 4.78 is 5.50. The van der Waals surface area contributed by atoms with Crippen molar-refractivity contribution >= 4 is 45.9 Å². The summed E-state index contributed by atoms with van der Waals surface area (Å²) in [5, 5.41) is 3.55. The molecule has 0 aliphatic rings. The van der Waals surface area contributed by atoms with Crippen LogP contribution in [0.15, 0.2) is 35.0 Å². The molecule has 7 heteroatoms. The number of fused-ring (bicyclic) bond motifs is 1. The smallest absolute Gasteiger partial charge is 0.292 e. The number of benzene rings is 1. The van der Waals surface area contributed by atoms with Crippen molar-refractivity contribution in [2.75, 3.05) is 5.32 Å². The Morgan fingerprint density at radius 1 is 1.24 bits per heavy atom. The van der Waals surface area contributed by atoms with Gasteiger partial charge in [-0.1, -0.05) is 34.8 Å². The molecule has 1 aromatic carbocycles. The number of carbonyl (C=O) groups is 1. The quantitative estimate of drug-likeness (QED) is 0.722. The van der Waals surface area contributed by atoms with Crippen LogP contribution in [0.4, 0.5) is 5.82 Å². The van der Waals surface area contributed by atoms with Crippen LogP contribution in [0.3, 0.4) is 0 Å². The standard InChI is InChI=1S/C14H9Cl2N3O2/c1-7-2-3-9-8(4-7)5-10(21-9)14(20)19-13-11(15)12(16)17-6-18-13/h2-6H,1H3,(H,17,18,19,20). The highest BCUT2D eigenvalue weighted by Crippen LogP contribution is 2.26. The van der Waals surface area contributed by atoms with Crippen molar-refractivity contribution in [1.82, 2.24) is 9.97 Å². The fourth-order valence-electron chi connectivity index (χ4n) is 1.88. The molecule has 0 bridgehead atoms. The first-order chi connectivity index (χ1) is 10.0. The van der Waals surface area contributed by atoms with Gasteiger partial charge < -0.3 is 9.73 Å². The van der Waals surface area contributed by atoms with E-state index in [2.05, 4.69) is 15.3 Å². The summed E-state index contributed by atoms with van der Waals surface area (Å²) in [6.45, 7) is 1.97. The summed E-state index contributed by atoms with van der Waals surface area (Å²) in [7, 11) is 0. The Bertz CT molecular complexity index is 845. The zero-order valence-corrected chi connectivity index (χ0v) is 12.4. The zero-order chi connectivity index (χ0) is 15.0. The molecular weight excluding hydrogens is 313 g/mol. The van der Waals surface area contributed by atoms with E-state index < -0.39 is 5.91 Å². The largest absolute Gasteiger partial charge is 0.451 e. The lowest BCUT2D eigenvalue weighted by Gasteiger charge is -2.04. The summed E-state index contributed by atoms with van der Waals surface area (Å²) in [6.07, 6.45) is 1.21. The van der Waals surface area contributed by atoms with Crippen molar-refractivity contribution in [3.05, 3.63) is 52.1 Å². The third kappa shape index (κ3) is 2.70. The Labute approximate surface area is 129 Å². The molecule has 0 unspecified atom stereocenters. The first kappa shape index (κ1) is 13.9. The van der Waals surface area contributed by atoms with Gasteiger partial charge in [0.1, 0.15) is 16.9 Å². The Morgan fingerprint density at radius 2 is 2.05 bits per heavy atom. The van der Waals surface area contributed by atoms with Gasteiger partial charge in [0.15, 0.2) is 16.7 Å². The monoisotopic (exact) mass is 321 g/mol. The van der Waals surface area contributed by atoms with E-state index >= 15 is 0 Å². The number of aryl methyl sites for hydroxylation is 1. The molecule has 0 spiro atoms. The van der Waals surface area contributed by atoms with E-state index in [0.717, 1.165) is 10.9 Å². The van der Waals surface area contributed by atoms with Gasteiger partial charge in [0.25, 0.3) is 5.91 Å². The van der Waals surface area contributed by atoms with Gasteiger partial charge in [0.05, 0.1) is 0 Å². The van der Waals surface area contributed by atoms with E-state index in [-0.39, 0.29) is 21.8 Å². The summed E-state index contributed by atoms with van der Waals surface area (Å²) in [5.74, 6) is -0.153. The molecule has 1 amide bonds. The summed E-state index contributed by atoms with van der Waals surface area (Å²) >= 11 is 11.7. The number of anilines is 1. The van der Waals surface area contributed by atoms with Crippen molar-refractivity contribution in [3.8, 4) is 0 Å². The minimum atomic E-state index is -0.458. The van der Waals surface area contributed by atoms with Crippen LogP contribution in [0, 0.1) is 6.92 Å². The molecule has 2 heterocycles. The molecule has 0 saturated carbocycles. The van der Waals surface area contributed by atoms with Crippen molar-refractivity contribution in [3.63, 3.8) is 0 Å². The zero-order valence-electron chi connectivity index (χ0n) is 10.9. The SMILES string of the molecule is Cc1ccc2oc(C(=O)Nc3ncnc(Cl)c3Cl)cc2c1. The van der Waals surface area contributed by atoms with Gasteiger partial charge in [-0.15, -0.1) is 0 Å². The Morgan fingerprint density at radius 3 is 2.86 bits per heavy atom. The molecule has 0 saturated heterocycles. The number of rotatable bonds is 2. The second-order valence-corrected chi connectivity index (χ2v) is 5.17. The maximum atomic E-state index is 12.2. The lowest BCUT2D eigenvalue weighted by atomic mass is 10.2. The van der Waals surface area contributed by atoms with Crippen LogP contribution in [0.1, 0.15) is 16.1 Å². The molecule has 0 aliphatic carbocycles. The van der Waals surface area contributed by atoms with Gasteiger partial charge in [0.2, 0.25) is 0 Å². The normalized spacial score (nSPS) is 10.8. The highest BCUT2D eigenvalue weighted by Gasteiger charge is 2.16. The molecule has 0 atom stereocenters. The van der Waals surface area contributed by atoms with Crippen molar-refractivity contribution in [2.24, 2.45) is 0 Å². The van der Waals surface area contributed by atoms with Gasteiger partial charge in [-0.3, -0.25) is 4.79 Å². The predicted molar refractivity (Wildman–Crippen MR) is 81.0 cm³/mol. The Kier molecular flexibility index (Phi) is 3.53. The van der Waals surface area contributed by atoms with Crippen molar-refractivity contribution < 1.29 is 9.21 Å². The van der Waals surface area contributed by atoms with Crippen LogP contribution in [0.25, 0.3) is 11.0 Å². The van der Waals surface area contributed by atoms with E-state index in [0.29, 0.717) is 5.58 Å². The topological polar surface area (TPSA) is 68.0 Å². The van der Waals surface area contributed by atoms with E-state index in [9.17, 15) is 4.79 Å². The average Bonchev–Trinajstić information content (AvgIpc) is 2.87. The minimum Gasteiger partial charge on any atom is -0.451 e. The van der Waals surface area contributed by atoms with Crippen LogP contribution < -0.4 is 5.32 Å². The van der Waals surface area contributed by atoms with Crippen molar-refractivity contribution in [2.45, 2.75) is 6.92 Å². The van der Waals surface area contributed by atoms with E-state index in [4.69, 9.17) is 27.6 Å². The van der Waals surface area contributed by atoms with Crippen LogP contribution in [-0.4, -0.2) is 15.9 Å². The number of hydrogen-bond acceptors (Lipinski definition) is 4. The van der Waals surface area contributed by atoms with Gasteiger partial charge in [0, 0.05) is 5.39 Å². The summed E-state index contributed by atoms with van der Waals surface area (Å²) in [6, 6.07) is 7.32. The maximum absolute atomic E-state index is 12.2. The average molecular weight is 322 g/mol. The van der Waals surface area contributed by atoms with Crippen LogP contribution in [0.2, 0.25) is 10.2 Å². The van der Waals surface area contributed by atoms with Gasteiger partial charge in [-0.05, 0) is 25.1 Å². The van der Waals surface area contributed by atoms with Gasteiger partial charge in [-0.2, -0.15) is 0 Å². The molecule has 0 aliphatic heterocycles. The number of amides is 1. The molecule has 0 radical (unpaired) electrons. The van der Waals surface area contributed by atoms with E-state index in [1.165, 1.54) is 6.33 Å². The first-order valence-corrected chi connectivity index (χ1v) is 6.78. The highest BCUT2D eigenvalue weighted by atomic mass is 35.5. The molecular formula is C14H9Cl2N3O2. The summed E-state index contributed by atoms with van der Waals surface area (Å²) in [5.41, 5.74) is 1.72. The molecule has 1 N–H and O–H groups in total. The second kappa shape index (κ2) is 5.35. The summed E-state index contributed by atoms with van der Waals surface area (Å²) in [4.78, 5) is 19.7. The van der Waals surface area contributed by atoms with Crippen molar-refractivity contribution in [1.29, 1.82) is 0 Å². The Balaban J connectivity index is 1.91. The molecule has 3 aromatic rings. The van der Waals surface area contributed by atoms with Crippen LogP contribution in [-0.2, 0) is 0 Å². The van der Waals surface area contributed by atoms with Gasteiger partial charge >= 0.3 is 0 Å². The molecule has 3 rings (SSSR count). The highest BCUT2D eigenvalue weighted by molar-refractivity contribution is 6.43.